The fraction of sp³-hybridized carbons (Fsp3) is 0.636. The van der Waals surface area contributed by atoms with Gasteiger partial charge < -0.3 is 10.2 Å². The van der Waals surface area contributed by atoms with E-state index in [4.69, 9.17) is 0 Å². The summed E-state index contributed by atoms with van der Waals surface area (Å²) in [5, 5.41) is 3.08. The monoisotopic (exact) mass is 465 g/mol. The van der Waals surface area contributed by atoms with Crippen molar-refractivity contribution in [2.24, 2.45) is 5.92 Å². The van der Waals surface area contributed by atoms with Gasteiger partial charge in [-0.2, -0.15) is 4.31 Å². The topological polar surface area (TPSA) is 86.8 Å². The maximum absolute atomic E-state index is 13.1. The number of fused-ring (bicyclic) bond motifs is 1. The summed E-state index contributed by atoms with van der Waals surface area (Å²) < 4.78 is 27.7. The zero-order valence-electron chi connectivity index (χ0n) is 18.0. The van der Waals surface area contributed by atoms with E-state index in [-0.39, 0.29) is 35.2 Å². The number of amides is 2. The molecule has 1 saturated heterocycles. The van der Waals surface area contributed by atoms with Crippen LogP contribution < -0.4 is 10.2 Å². The Labute approximate surface area is 189 Å². The van der Waals surface area contributed by atoms with E-state index in [0.717, 1.165) is 43.4 Å². The van der Waals surface area contributed by atoms with Crippen LogP contribution in [0.2, 0.25) is 0 Å². The molecule has 0 radical (unpaired) electrons. The molecule has 1 saturated carbocycles. The van der Waals surface area contributed by atoms with Gasteiger partial charge in [0.2, 0.25) is 21.8 Å². The molecule has 3 aliphatic rings. The first-order valence-corrected chi connectivity index (χ1v) is 13.7. The van der Waals surface area contributed by atoms with Crippen LogP contribution in [0, 0.1) is 5.92 Å². The number of carbonyl (C=O) groups excluding carboxylic acids is 2. The Balaban J connectivity index is 1.61. The normalized spacial score (nSPS) is 23.5. The van der Waals surface area contributed by atoms with Crippen LogP contribution >= 0.6 is 11.8 Å². The average molecular weight is 466 g/mol. The lowest BCUT2D eigenvalue weighted by Gasteiger charge is -2.27. The highest BCUT2D eigenvalue weighted by Gasteiger charge is 2.33. The van der Waals surface area contributed by atoms with Gasteiger partial charge in [-0.1, -0.05) is 26.2 Å². The van der Waals surface area contributed by atoms with Crippen LogP contribution in [0.5, 0.6) is 0 Å². The van der Waals surface area contributed by atoms with Crippen molar-refractivity contribution in [3.05, 3.63) is 18.2 Å². The van der Waals surface area contributed by atoms with Crippen LogP contribution in [-0.2, 0) is 19.6 Å². The number of benzene rings is 1. The maximum Gasteiger partial charge on any atom is 0.243 e. The molecule has 0 aromatic heterocycles. The molecule has 1 atom stereocenters. The number of hydrogen-bond acceptors (Lipinski definition) is 5. The molecule has 2 heterocycles. The third-order valence-corrected chi connectivity index (χ3v) is 9.59. The van der Waals surface area contributed by atoms with Crippen molar-refractivity contribution in [2.75, 3.05) is 30.3 Å². The van der Waals surface area contributed by atoms with Gasteiger partial charge in [-0.25, -0.2) is 8.42 Å². The lowest BCUT2D eigenvalue weighted by atomic mass is 9.95. The third kappa shape index (κ3) is 4.93. The van der Waals surface area contributed by atoms with Gasteiger partial charge >= 0.3 is 0 Å². The van der Waals surface area contributed by atoms with Gasteiger partial charge in [-0.15, -0.1) is 11.8 Å². The molecule has 9 heteroatoms. The molecule has 2 amide bonds. The standard InChI is InChI=1S/C22H31N3O4S2/c1-16-15-30-20-10-9-18(31(28,29)24-11-5-6-12-24)13-19(20)25(22(16)27)14-21(26)23-17-7-3-2-4-8-17/h9-10,13,16-17H,2-8,11-12,14-15H2,1H3,(H,23,26)/t16-/m0/s1. The van der Waals surface area contributed by atoms with Crippen molar-refractivity contribution in [3.8, 4) is 0 Å². The second-order valence-electron chi connectivity index (χ2n) is 8.78. The summed E-state index contributed by atoms with van der Waals surface area (Å²) in [7, 11) is -3.60. The first-order chi connectivity index (χ1) is 14.9. The fourth-order valence-corrected chi connectivity index (χ4v) is 7.16. The van der Waals surface area contributed by atoms with Crippen LogP contribution in [0.1, 0.15) is 51.9 Å². The van der Waals surface area contributed by atoms with Crippen molar-refractivity contribution < 1.29 is 18.0 Å². The highest BCUT2D eigenvalue weighted by Crippen LogP contribution is 2.38. The van der Waals surface area contributed by atoms with E-state index in [9.17, 15) is 18.0 Å². The summed E-state index contributed by atoms with van der Waals surface area (Å²) in [4.78, 5) is 28.4. The molecular weight excluding hydrogens is 434 g/mol. The Kier molecular flexibility index (Phi) is 6.93. The number of sulfonamides is 1. The van der Waals surface area contributed by atoms with Gasteiger partial charge in [0.05, 0.1) is 10.6 Å². The minimum Gasteiger partial charge on any atom is -0.352 e. The number of carbonyl (C=O) groups is 2. The summed E-state index contributed by atoms with van der Waals surface area (Å²) in [5.41, 5.74) is 0.526. The first kappa shape index (κ1) is 22.6. The summed E-state index contributed by atoms with van der Waals surface area (Å²) in [6.07, 6.45) is 7.10. The molecule has 170 valence electrons. The third-order valence-electron chi connectivity index (χ3n) is 6.37. The van der Waals surface area contributed by atoms with E-state index in [2.05, 4.69) is 5.32 Å². The predicted octanol–water partition coefficient (Wildman–Crippen LogP) is 2.99. The lowest BCUT2D eigenvalue weighted by molar-refractivity contribution is -0.125. The molecule has 2 aliphatic heterocycles. The van der Waals surface area contributed by atoms with Crippen molar-refractivity contribution in [3.63, 3.8) is 0 Å². The molecule has 0 bridgehead atoms. The van der Waals surface area contributed by atoms with Crippen LogP contribution in [-0.4, -0.2) is 56.0 Å². The maximum atomic E-state index is 13.1. The van der Waals surface area contributed by atoms with E-state index in [1.807, 2.05) is 6.92 Å². The van der Waals surface area contributed by atoms with Gasteiger partial charge in [-0.3, -0.25) is 9.59 Å². The van der Waals surface area contributed by atoms with Crippen LogP contribution in [0.15, 0.2) is 28.0 Å². The molecule has 1 aliphatic carbocycles. The van der Waals surface area contributed by atoms with E-state index in [1.54, 1.807) is 18.2 Å². The van der Waals surface area contributed by atoms with Crippen molar-refractivity contribution in [1.82, 2.24) is 9.62 Å². The highest BCUT2D eigenvalue weighted by molar-refractivity contribution is 7.99. The zero-order chi connectivity index (χ0) is 22.0. The molecule has 0 unspecified atom stereocenters. The number of anilines is 1. The van der Waals surface area contributed by atoms with Crippen LogP contribution in [0.4, 0.5) is 5.69 Å². The number of rotatable bonds is 5. The molecule has 4 rings (SSSR count). The molecule has 1 N–H and O–H groups in total. The number of nitrogens with zero attached hydrogens (tertiary/aromatic N) is 2. The highest BCUT2D eigenvalue weighted by atomic mass is 32.2. The zero-order valence-corrected chi connectivity index (χ0v) is 19.6. The van der Waals surface area contributed by atoms with Crippen LogP contribution in [0.3, 0.4) is 0 Å². The Morgan fingerprint density at radius 2 is 1.84 bits per heavy atom. The van der Waals surface area contributed by atoms with Crippen molar-refractivity contribution >= 4 is 39.3 Å². The Hall–Kier alpha value is -1.58. The molecule has 2 fully saturated rings. The van der Waals surface area contributed by atoms with E-state index >= 15 is 0 Å². The molecule has 1 aromatic carbocycles. The van der Waals surface area contributed by atoms with Crippen molar-refractivity contribution in [1.29, 1.82) is 0 Å². The number of nitrogens with one attached hydrogen (secondary N) is 1. The van der Waals surface area contributed by atoms with Gasteiger partial charge in [0, 0.05) is 35.7 Å². The molecule has 0 spiro atoms. The van der Waals surface area contributed by atoms with Gasteiger partial charge in [0.15, 0.2) is 0 Å². The molecular formula is C22H31N3O4S2. The van der Waals surface area contributed by atoms with E-state index in [1.165, 1.54) is 27.4 Å². The molecule has 31 heavy (non-hydrogen) atoms. The quantitative estimate of drug-likeness (QED) is 0.722. The molecule has 1 aromatic rings. The fourth-order valence-electron chi connectivity index (χ4n) is 4.57. The SMILES string of the molecule is C[C@H]1CSc2ccc(S(=O)(=O)N3CCCC3)cc2N(CC(=O)NC2CCCCC2)C1=O. The van der Waals surface area contributed by atoms with E-state index in [0.29, 0.717) is 24.5 Å². The first-order valence-electron chi connectivity index (χ1n) is 11.2. The lowest BCUT2D eigenvalue weighted by Crippen LogP contribution is -2.46. The minimum atomic E-state index is -3.60. The second kappa shape index (κ2) is 9.50. The summed E-state index contributed by atoms with van der Waals surface area (Å²) >= 11 is 1.54. The molecule has 7 nitrogen and oxygen atoms in total. The van der Waals surface area contributed by atoms with E-state index < -0.39 is 10.0 Å². The Morgan fingerprint density at radius 3 is 2.55 bits per heavy atom. The van der Waals surface area contributed by atoms with Gasteiger partial charge in [0.25, 0.3) is 0 Å². The van der Waals surface area contributed by atoms with Crippen molar-refractivity contribution in [2.45, 2.75) is 67.7 Å². The summed E-state index contributed by atoms with van der Waals surface area (Å²) in [5.74, 6) is 0.0301. The number of thioether (sulfide) groups is 1. The summed E-state index contributed by atoms with van der Waals surface area (Å²) in [6, 6.07) is 5.15. The second-order valence-corrected chi connectivity index (χ2v) is 11.8. The van der Waals surface area contributed by atoms with Gasteiger partial charge in [0.1, 0.15) is 6.54 Å². The van der Waals surface area contributed by atoms with Gasteiger partial charge in [-0.05, 0) is 43.9 Å². The largest absolute Gasteiger partial charge is 0.352 e. The number of hydrogen-bond donors (Lipinski definition) is 1. The smallest absolute Gasteiger partial charge is 0.243 e. The average Bonchev–Trinajstić information content (AvgIpc) is 3.28. The summed E-state index contributed by atoms with van der Waals surface area (Å²) in [6.45, 7) is 2.82. The Bertz CT molecular complexity index is 938. The van der Waals surface area contributed by atoms with Crippen LogP contribution in [0.25, 0.3) is 0 Å². The predicted molar refractivity (Wildman–Crippen MR) is 122 cm³/mol. The minimum absolute atomic E-state index is 0.0829. The Morgan fingerprint density at radius 1 is 1.13 bits per heavy atom.